The van der Waals surface area contributed by atoms with Gasteiger partial charge in [0.25, 0.3) is 5.91 Å². The van der Waals surface area contributed by atoms with E-state index in [4.69, 9.17) is 5.11 Å². The summed E-state index contributed by atoms with van der Waals surface area (Å²) in [5.74, 6) is -1.63. The first-order valence-electron chi connectivity index (χ1n) is 7.49. The van der Waals surface area contributed by atoms with Gasteiger partial charge in [-0.1, -0.05) is 17.7 Å². The Morgan fingerprint density at radius 3 is 2.36 bits per heavy atom. The Balaban J connectivity index is 2.09. The molecule has 0 aliphatic rings. The molecule has 2 aromatic rings. The van der Waals surface area contributed by atoms with Gasteiger partial charge in [0.15, 0.2) is 0 Å². The maximum absolute atomic E-state index is 12.2. The molecule has 1 amide bonds. The number of rotatable bonds is 5. The number of hydrogen-bond acceptors (Lipinski definition) is 4. The minimum atomic E-state index is -1.05. The Labute approximate surface area is 145 Å². The molecule has 0 radical (unpaired) electrons. The third kappa shape index (κ3) is 4.69. The van der Waals surface area contributed by atoms with Crippen LogP contribution in [0.25, 0.3) is 0 Å². The van der Waals surface area contributed by atoms with Crippen LogP contribution in [0.4, 0.5) is 11.4 Å². The molecule has 0 fully saturated rings. The lowest BCUT2D eigenvalue weighted by molar-refractivity contribution is -0.112. The summed E-state index contributed by atoms with van der Waals surface area (Å²) in [5, 5.41) is 23.6. The lowest BCUT2D eigenvalue weighted by atomic mass is 10.1. The second-order valence-electron chi connectivity index (χ2n) is 5.47. The van der Waals surface area contributed by atoms with E-state index < -0.39 is 11.9 Å². The molecule has 0 bridgehead atoms. The van der Waals surface area contributed by atoms with E-state index in [-0.39, 0.29) is 11.1 Å². The van der Waals surface area contributed by atoms with Crippen molar-refractivity contribution in [1.29, 1.82) is 5.26 Å². The molecule has 0 heterocycles. The van der Waals surface area contributed by atoms with Gasteiger partial charge in [0, 0.05) is 17.6 Å². The van der Waals surface area contributed by atoms with Gasteiger partial charge in [-0.2, -0.15) is 5.26 Å². The quantitative estimate of drug-likeness (QED) is 0.573. The summed E-state index contributed by atoms with van der Waals surface area (Å²) < 4.78 is 0. The number of benzene rings is 2. The molecule has 0 saturated carbocycles. The molecule has 6 nitrogen and oxygen atoms in total. The molecular weight excluding hydrogens is 318 g/mol. The number of carbonyl (C=O) groups is 2. The van der Waals surface area contributed by atoms with E-state index >= 15 is 0 Å². The molecule has 0 aliphatic heterocycles. The van der Waals surface area contributed by atoms with Crippen LogP contribution >= 0.6 is 0 Å². The van der Waals surface area contributed by atoms with Gasteiger partial charge in [0.2, 0.25) is 0 Å². The summed E-state index contributed by atoms with van der Waals surface area (Å²) in [4.78, 5) is 23.0. The average molecular weight is 335 g/mol. The third-order valence-corrected chi connectivity index (χ3v) is 3.51. The SMILES string of the molecule is Cc1ccc(N/C=C(/C#N)C(=O)Nc2ccc(C(=O)O)cc2)c(C)c1. The van der Waals surface area contributed by atoms with Crippen LogP contribution in [0, 0.1) is 25.2 Å². The Kier molecular flexibility index (Phi) is 5.54. The summed E-state index contributed by atoms with van der Waals surface area (Å²) >= 11 is 0. The van der Waals surface area contributed by atoms with Crippen molar-refractivity contribution in [2.45, 2.75) is 13.8 Å². The number of hydrogen-bond donors (Lipinski definition) is 3. The normalized spacial score (nSPS) is 10.7. The van der Waals surface area contributed by atoms with Gasteiger partial charge in [0.1, 0.15) is 11.6 Å². The van der Waals surface area contributed by atoms with Crippen molar-refractivity contribution in [1.82, 2.24) is 0 Å². The highest BCUT2D eigenvalue weighted by molar-refractivity contribution is 6.06. The van der Waals surface area contributed by atoms with Crippen LogP contribution in [0.1, 0.15) is 21.5 Å². The molecule has 126 valence electrons. The number of nitrogens with one attached hydrogen (secondary N) is 2. The largest absolute Gasteiger partial charge is 0.478 e. The molecule has 2 aromatic carbocycles. The van der Waals surface area contributed by atoms with Crippen molar-refractivity contribution in [2.24, 2.45) is 0 Å². The number of carboxylic acids is 1. The maximum Gasteiger partial charge on any atom is 0.335 e. The van der Waals surface area contributed by atoms with E-state index in [9.17, 15) is 14.9 Å². The monoisotopic (exact) mass is 335 g/mol. The minimum absolute atomic E-state index is 0.0951. The zero-order valence-electron chi connectivity index (χ0n) is 13.8. The van der Waals surface area contributed by atoms with Gasteiger partial charge < -0.3 is 15.7 Å². The van der Waals surface area contributed by atoms with Crippen LogP contribution in [-0.2, 0) is 4.79 Å². The van der Waals surface area contributed by atoms with Crippen molar-refractivity contribution in [3.8, 4) is 6.07 Å². The number of carboxylic acid groups (broad SMARTS) is 1. The number of nitriles is 1. The van der Waals surface area contributed by atoms with Crippen LogP contribution in [0.5, 0.6) is 0 Å². The van der Waals surface area contributed by atoms with Crippen LogP contribution in [0.3, 0.4) is 0 Å². The standard InChI is InChI=1S/C19H17N3O3/c1-12-3-8-17(13(2)9-12)21-11-15(10-20)18(23)22-16-6-4-14(5-7-16)19(24)25/h3-9,11,21H,1-2H3,(H,22,23)(H,24,25)/b15-11-. The molecule has 2 rings (SSSR count). The summed E-state index contributed by atoms with van der Waals surface area (Å²) in [7, 11) is 0. The highest BCUT2D eigenvalue weighted by Crippen LogP contribution is 2.17. The lowest BCUT2D eigenvalue weighted by Crippen LogP contribution is -2.14. The van der Waals surface area contributed by atoms with Crippen molar-refractivity contribution in [3.05, 3.63) is 70.9 Å². The van der Waals surface area contributed by atoms with Crippen LogP contribution in [0.15, 0.2) is 54.2 Å². The van der Waals surface area contributed by atoms with E-state index in [0.717, 1.165) is 16.8 Å². The van der Waals surface area contributed by atoms with E-state index in [1.54, 1.807) is 0 Å². The summed E-state index contributed by atoms with van der Waals surface area (Å²) in [6.07, 6.45) is 1.35. The van der Waals surface area contributed by atoms with E-state index in [2.05, 4.69) is 10.6 Å². The molecule has 6 heteroatoms. The average Bonchev–Trinajstić information content (AvgIpc) is 2.57. The fourth-order valence-electron chi connectivity index (χ4n) is 2.17. The van der Waals surface area contributed by atoms with Gasteiger partial charge in [-0.3, -0.25) is 4.79 Å². The molecule has 3 N–H and O–H groups in total. The van der Waals surface area contributed by atoms with E-state index in [0.29, 0.717) is 5.69 Å². The van der Waals surface area contributed by atoms with Gasteiger partial charge in [-0.05, 0) is 49.7 Å². The molecule has 0 atom stereocenters. The zero-order valence-corrected chi connectivity index (χ0v) is 13.8. The lowest BCUT2D eigenvalue weighted by Gasteiger charge is -2.08. The summed E-state index contributed by atoms with van der Waals surface area (Å²) in [5.41, 5.74) is 3.35. The van der Waals surface area contributed by atoms with Crippen molar-refractivity contribution in [3.63, 3.8) is 0 Å². The third-order valence-electron chi connectivity index (χ3n) is 3.51. The first-order chi connectivity index (χ1) is 11.9. The molecule has 0 aliphatic carbocycles. The first-order valence-corrected chi connectivity index (χ1v) is 7.49. The topological polar surface area (TPSA) is 102 Å². The zero-order chi connectivity index (χ0) is 18.4. The summed E-state index contributed by atoms with van der Waals surface area (Å²) in [6.45, 7) is 3.91. The van der Waals surface area contributed by atoms with Crippen LogP contribution in [-0.4, -0.2) is 17.0 Å². The maximum atomic E-state index is 12.2. The minimum Gasteiger partial charge on any atom is -0.478 e. The Hall–Kier alpha value is -3.59. The van der Waals surface area contributed by atoms with Gasteiger partial charge in [-0.15, -0.1) is 0 Å². The van der Waals surface area contributed by atoms with E-state index in [1.807, 2.05) is 38.1 Å². The Morgan fingerprint density at radius 1 is 1.12 bits per heavy atom. The van der Waals surface area contributed by atoms with Crippen molar-refractivity contribution >= 4 is 23.3 Å². The van der Waals surface area contributed by atoms with Gasteiger partial charge >= 0.3 is 5.97 Å². The molecule has 0 aromatic heterocycles. The summed E-state index contributed by atoms with van der Waals surface area (Å²) in [6, 6.07) is 13.3. The number of nitrogens with zero attached hydrogens (tertiary/aromatic N) is 1. The Morgan fingerprint density at radius 2 is 1.80 bits per heavy atom. The number of aryl methyl sites for hydroxylation is 2. The smallest absolute Gasteiger partial charge is 0.335 e. The molecule has 0 saturated heterocycles. The fraction of sp³-hybridized carbons (Fsp3) is 0.105. The highest BCUT2D eigenvalue weighted by atomic mass is 16.4. The number of aromatic carboxylic acids is 1. The van der Waals surface area contributed by atoms with Crippen LogP contribution in [0.2, 0.25) is 0 Å². The second-order valence-corrected chi connectivity index (χ2v) is 5.47. The predicted molar refractivity (Wildman–Crippen MR) is 95.3 cm³/mol. The Bertz CT molecular complexity index is 878. The first kappa shape index (κ1) is 17.8. The fourth-order valence-corrected chi connectivity index (χ4v) is 2.17. The molecule has 25 heavy (non-hydrogen) atoms. The van der Waals surface area contributed by atoms with Crippen molar-refractivity contribution in [2.75, 3.05) is 10.6 Å². The molecule has 0 spiro atoms. The second kappa shape index (κ2) is 7.79. The molecule has 0 unspecified atom stereocenters. The number of carbonyl (C=O) groups excluding carboxylic acids is 1. The van der Waals surface area contributed by atoms with Gasteiger partial charge in [-0.25, -0.2) is 4.79 Å². The van der Waals surface area contributed by atoms with Gasteiger partial charge in [0.05, 0.1) is 5.56 Å². The molecular formula is C19H17N3O3. The number of amides is 1. The number of anilines is 2. The van der Waals surface area contributed by atoms with E-state index in [1.165, 1.54) is 30.5 Å². The van der Waals surface area contributed by atoms with Crippen LogP contribution < -0.4 is 10.6 Å². The van der Waals surface area contributed by atoms with Crippen molar-refractivity contribution < 1.29 is 14.7 Å². The predicted octanol–water partition coefficient (Wildman–Crippen LogP) is 3.46. The highest BCUT2D eigenvalue weighted by Gasteiger charge is 2.10.